The molecule has 0 spiro atoms. The van der Waals surface area contributed by atoms with Gasteiger partial charge in [0.05, 0.1) is 6.61 Å². The average Bonchev–Trinajstić information content (AvgIpc) is 2.67. The predicted octanol–water partition coefficient (Wildman–Crippen LogP) is 3.64. The quantitative estimate of drug-likeness (QED) is 0.741. The van der Waals surface area contributed by atoms with E-state index in [9.17, 15) is 9.18 Å². The number of ether oxygens (including phenoxy) is 1. The molecule has 3 rings (SSSR count). The van der Waals surface area contributed by atoms with Crippen molar-refractivity contribution in [2.75, 3.05) is 37.7 Å². The molecule has 2 aromatic carbocycles. The minimum Gasteiger partial charge on any atom is -0.493 e. The van der Waals surface area contributed by atoms with Gasteiger partial charge in [-0.05, 0) is 49.2 Å². The van der Waals surface area contributed by atoms with E-state index in [2.05, 4.69) is 4.90 Å². The maximum atomic E-state index is 13.0. The Bertz CT molecular complexity index is 725. The summed E-state index contributed by atoms with van der Waals surface area (Å²) in [5, 5.41) is 0. The molecule has 1 fully saturated rings. The van der Waals surface area contributed by atoms with Gasteiger partial charge in [-0.2, -0.15) is 0 Å². The Morgan fingerprint density at radius 2 is 1.73 bits per heavy atom. The number of aryl methyl sites for hydroxylation is 1. The summed E-state index contributed by atoms with van der Waals surface area (Å²) in [7, 11) is 0. The van der Waals surface area contributed by atoms with Crippen molar-refractivity contribution in [3.8, 4) is 5.75 Å². The minimum atomic E-state index is -0.226. The minimum absolute atomic E-state index is 0.178. The fourth-order valence-electron chi connectivity index (χ4n) is 3.15. The Kier molecular flexibility index (Phi) is 6.10. The van der Waals surface area contributed by atoms with Gasteiger partial charge < -0.3 is 14.5 Å². The van der Waals surface area contributed by atoms with Gasteiger partial charge in [-0.15, -0.1) is 0 Å². The first-order valence-electron chi connectivity index (χ1n) is 9.10. The van der Waals surface area contributed by atoms with E-state index in [4.69, 9.17) is 4.74 Å². The van der Waals surface area contributed by atoms with Crippen LogP contribution in [-0.4, -0.2) is 43.6 Å². The van der Waals surface area contributed by atoms with E-state index >= 15 is 0 Å². The lowest BCUT2D eigenvalue weighted by Crippen LogP contribution is -2.48. The van der Waals surface area contributed by atoms with Crippen LogP contribution >= 0.6 is 0 Å². The van der Waals surface area contributed by atoms with Crippen molar-refractivity contribution in [3.63, 3.8) is 0 Å². The maximum absolute atomic E-state index is 13.0. The van der Waals surface area contributed by atoms with E-state index in [-0.39, 0.29) is 11.7 Å². The summed E-state index contributed by atoms with van der Waals surface area (Å²) in [5.74, 6) is 0.834. The summed E-state index contributed by atoms with van der Waals surface area (Å²) in [6, 6.07) is 14.4. The zero-order chi connectivity index (χ0) is 18.4. The van der Waals surface area contributed by atoms with Gasteiger partial charge in [0.2, 0.25) is 5.91 Å². The molecule has 0 aliphatic carbocycles. The molecule has 4 nitrogen and oxygen atoms in total. The van der Waals surface area contributed by atoms with Crippen LogP contribution in [0.2, 0.25) is 0 Å². The zero-order valence-corrected chi connectivity index (χ0v) is 15.2. The first kappa shape index (κ1) is 18.2. The first-order chi connectivity index (χ1) is 12.6. The second kappa shape index (κ2) is 8.70. The molecule has 1 amide bonds. The molecule has 0 aromatic heterocycles. The second-order valence-electron chi connectivity index (χ2n) is 6.56. The van der Waals surface area contributed by atoms with Gasteiger partial charge >= 0.3 is 0 Å². The van der Waals surface area contributed by atoms with Gasteiger partial charge in [0, 0.05) is 38.3 Å². The molecule has 1 heterocycles. The topological polar surface area (TPSA) is 32.8 Å². The van der Waals surface area contributed by atoms with Crippen LogP contribution < -0.4 is 9.64 Å². The lowest BCUT2D eigenvalue weighted by atomic mass is 10.2. The number of carbonyl (C=O) groups is 1. The number of rotatable bonds is 6. The van der Waals surface area contributed by atoms with Crippen molar-refractivity contribution in [3.05, 3.63) is 59.9 Å². The van der Waals surface area contributed by atoms with Crippen LogP contribution in [0.15, 0.2) is 48.5 Å². The molecule has 0 N–H and O–H groups in total. The lowest BCUT2D eigenvalue weighted by Gasteiger charge is -2.36. The standard InChI is InChI=1S/C21H25FN2O2/c1-17-5-2-3-6-20(17)26-16-4-7-21(25)24-14-12-23(13-15-24)19-10-8-18(22)9-11-19/h2-3,5-6,8-11H,4,7,12-16H2,1H3. The average molecular weight is 356 g/mol. The van der Waals surface area contributed by atoms with Gasteiger partial charge in [-0.25, -0.2) is 4.39 Å². The molecule has 26 heavy (non-hydrogen) atoms. The monoisotopic (exact) mass is 356 g/mol. The van der Waals surface area contributed by atoms with Crippen molar-refractivity contribution >= 4 is 11.6 Å². The van der Waals surface area contributed by atoms with Crippen LogP contribution in [0.3, 0.4) is 0 Å². The summed E-state index contributed by atoms with van der Waals surface area (Å²) in [4.78, 5) is 16.5. The van der Waals surface area contributed by atoms with Crippen LogP contribution in [-0.2, 0) is 4.79 Å². The molecule has 1 aliphatic rings. The fraction of sp³-hybridized carbons (Fsp3) is 0.381. The number of nitrogens with zero attached hydrogens (tertiary/aromatic N) is 2. The smallest absolute Gasteiger partial charge is 0.222 e. The number of amides is 1. The van der Waals surface area contributed by atoms with E-state index in [1.165, 1.54) is 12.1 Å². The highest BCUT2D eigenvalue weighted by Crippen LogP contribution is 2.18. The van der Waals surface area contributed by atoms with Gasteiger partial charge in [-0.3, -0.25) is 4.79 Å². The van der Waals surface area contributed by atoms with Crippen molar-refractivity contribution in [2.45, 2.75) is 19.8 Å². The summed E-state index contributed by atoms with van der Waals surface area (Å²) in [5.41, 5.74) is 2.11. The SMILES string of the molecule is Cc1ccccc1OCCCC(=O)N1CCN(c2ccc(F)cc2)CC1. The highest BCUT2D eigenvalue weighted by molar-refractivity contribution is 5.76. The number of para-hydroxylation sites is 1. The Balaban J connectivity index is 1.38. The number of piperazine rings is 1. The molecule has 1 saturated heterocycles. The van der Waals surface area contributed by atoms with Crippen LogP contribution in [0.25, 0.3) is 0 Å². The molecule has 138 valence electrons. The molecule has 1 aliphatic heterocycles. The Morgan fingerprint density at radius 3 is 2.42 bits per heavy atom. The van der Waals surface area contributed by atoms with E-state index in [1.54, 1.807) is 12.1 Å². The third-order valence-corrected chi connectivity index (χ3v) is 4.71. The molecule has 0 saturated carbocycles. The first-order valence-corrected chi connectivity index (χ1v) is 9.10. The number of hydrogen-bond acceptors (Lipinski definition) is 3. The summed E-state index contributed by atoms with van der Waals surface area (Å²) in [6.45, 7) is 5.52. The second-order valence-corrected chi connectivity index (χ2v) is 6.56. The summed E-state index contributed by atoms with van der Waals surface area (Å²) < 4.78 is 18.8. The largest absolute Gasteiger partial charge is 0.493 e. The molecule has 0 radical (unpaired) electrons. The van der Waals surface area contributed by atoms with Crippen molar-refractivity contribution in [1.82, 2.24) is 4.90 Å². The summed E-state index contributed by atoms with van der Waals surface area (Å²) in [6.07, 6.45) is 1.22. The normalized spacial score (nSPS) is 14.4. The highest BCUT2D eigenvalue weighted by Gasteiger charge is 2.20. The molecular weight excluding hydrogens is 331 g/mol. The van der Waals surface area contributed by atoms with Gasteiger partial charge in [0.15, 0.2) is 0 Å². The van der Waals surface area contributed by atoms with Crippen LogP contribution in [0.5, 0.6) is 5.75 Å². The highest BCUT2D eigenvalue weighted by atomic mass is 19.1. The molecule has 0 unspecified atom stereocenters. The van der Waals surface area contributed by atoms with Crippen molar-refractivity contribution in [2.24, 2.45) is 0 Å². The molecule has 2 aromatic rings. The van der Waals surface area contributed by atoms with Crippen LogP contribution in [0.1, 0.15) is 18.4 Å². The lowest BCUT2D eigenvalue weighted by molar-refractivity contribution is -0.131. The third kappa shape index (κ3) is 4.75. The van der Waals surface area contributed by atoms with E-state index < -0.39 is 0 Å². The van der Waals surface area contributed by atoms with Gasteiger partial charge in [0.1, 0.15) is 11.6 Å². The number of carbonyl (C=O) groups excluding carboxylic acids is 1. The van der Waals surface area contributed by atoms with Gasteiger partial charge in [0.25, 0.3) is 0 Å². The van der Waals surface area contributed by atoms with E-state index in [0.717, 1.165) is 30.1 Å². The Labute approximate surface area is 154 Å². The van der Waals surface area contributed by atoms with E-state index in [1.807, 2.05) is 36.1 Å². The Morgan fingerprint density at radius 1 is 1.04 bits per heavy atom. The number of hydrogen-bond donors (Lipinski definition) is 0. The fourth-order valence-corrected chi connectivity index (χ4v) is 3.15. The van der Waals surface area contributed by atoms with Crippen molar-refractivity contribution < 1.29 is 13.9 Å². The maximum Gasteiger partial charge on any atom is 0.222 e. The molecular formula is C21H25FN2O2. The van der Waals surface area contributed by atoms with Crippen LogP contribution in [0.4, 0.5) is 10.1 Å². The molecule has 5 heteroatoms. The number of benzene rings is 2. The number of anilines is 1. The van der Waals surface area contributed by atoms with Crippen molar-refractivity contribution in [1.29, 1.82) is 0 Å². The third-order valence-electron chi connectivity index (χ3n) is 4.71. The summed E-state index contributed by atoms with van der Waals surface area (Å²) >= 11 is 0. The predicted molar refractivity (Wildman–Crippen MR) is 101 cm³/mol. The molecule has 0 atom stereocenters. The molecule has 0 bridgehead atoms. The zero-order valence-electron chi connectivity index (χ0n) is 15.2. The Hall–Kier alpha value is -2.56. The van der Waals surface area contributed by atoms with E-state index in [0.29, 0.717) is 32.5 Å². The van der Waals surface area contributed by atoms with Crippen LogP contribution in [0, 0.1) is 12.7 Å². The number of halogens is 1. The van der Waals surface area contributed by atoms with Gasteiger partial charge in [-0.1, -0.05) is 18.2 Å².